The molecule has 1 aromatic carbocycles. The molecular formula is C16H24N2O2. The molecule has 1 aliphatic rings. The fourth-order valence-corrected chi connectivity index (χ4v) is 3.08. The van der Waals surface area contributed by atoms with Crippen LogP contribution < -0.4 is 10.6 Å². The molecule has 0 aromatic heterocycles. The number of hydrogen-bond acceptors (Lipinski definition) is 2. The maximum Gasteiger partial charge on any atom is 0.319 e. The minimum Gasteiger partial charge on any atom is -0.394 e. The van der Waals surface area contributed by atoms with E-state index in [1.165, 1.54) is 6.42 Å². The first-order chi connectivity index (χ1) is 9.53. The fraction of sp³-hybridized carbons (Fsp3) is 0.562. The SMILES string of the molecule is Cc1cccc(NC(=O)NC2(CO)CCCC(C)C2)c1. The number of carbonyl (C=O) groups excluding carboxylic acids is 1. The summed E-state index contributed by atoms with van der Waals surface area (Å²) in [5, 5.41) is 15.5. The topological polar surface area (TPSA) is 61.4 Å². The second kappa shape index (κ2) is 6.27. The van der Waals surface area contributed by atoms with E-state index in [-0.39, 0.29) is 12.6 Å². The molecule has 4 heteroatoms. The van der Waals surface area contributed by atoms with Crippen molar-refractivity contribution in [3.8, 4) is 0 Å². The summed E-state index contributed by atoms with van der Waals surface area (Å²) in [4.78, 5) is 12.1. The predicted molar refractivity (Wildman–Crippen MR) is 80.8 cm³/mol. The van der Waals surface area contributed by atoms with Gasteiger partial charge in [-0.1, -0.05) is 31.9 Å². The van der Waals surface area contributed by atoms with Gasteiger partial charge in [0.1, 0.15) is 0 Å². The van der Waals surface area contributed by atoms with Crippen molar-refractivity contribution in [2.75, 3.05) is 11.9 Å². The number of aryl methyl sites for hydroxylation is 1. The maximum atomic E-state index is 12.1. The average Bonchev–Trinajstić information content (AvgIpc) is 2.38. The lowest BCUT2D eigenvalue weighted by atomic mass is 9.77. The summed E-state index contributed by atoms with van der Waals surface area (Å²) in [6.07, 6.45) is 3.90. The monoisotopic (exact) mass is 276 g/mol. The lowest BCUT2D eigenvalue weighted by Crippen LogP contribution is -2.55. The largest absolute Gasteiger partial charge is 0.394 e. The van der Waals surface area contributed by atoms with Crippen molar-refractivity contribution in [2.24, 2.45) is 5.92 Å². The van der Waals surface area contributed by atoms with E-state index in [2.05, 4.69) is 17.6 Å². The summed E-state index contributed by atoms with van der Waals surface area (Å²) >= 11 is 0. The van der Waals surface area contributed by atoms with Gasteiger partial charge in [0.25, 0.3) is 0 Å². The van der Waals surface area contributed by atoms with E-state index >= 15 is 0 Å². The summed E-state index contributed by atoms with van der Waals surface area (Å²) in [5.74, 6) is 0.537. The molecule has 0 aliphatic heterocycles. The van der Waals surface area contributed by atoms with E-state index in [1.807, 2.05) is 31.2 Å². The van der Waals surface area contributed by atoms with E-state index in [0.29, 0.717) is 5.92 Å². The molecule has 0 heterocycles. The Labute approximate surface area is 120 Å². The molecule has 4 nitrogen and oxygen atoms in total. The lowest BCUT2D eigenvalue weighted by molar-refractivity contribution is 0.108. The van der Waals surface area contributed by atoms with Crippen LogP contribution >= 0.6 is 0 Å². The number of aliphatic hydroxyl groups is 1. The van der Waals surface area contributed by atoms with E-state index in [4.69, 9.17) is 0 Å². The normalized spacial score (nSPS) is 26.1. The van der Waals surface area contributed by atoms with Gasteiger partial charge in [-0.15, -0.1) is 0 Å². The zero-order chi connectivity index (χ0) is 14.6. The zero-order valence-corrected chi connectivity index (χ0v) is 12.3. The fourth-order valence-electron chi connectivity index (χ4n) is 3.08. The molecule has 3 N–H and O–H groups in total. The van der Waals surface area contributed by atoms with Gasteiger partial charge in [0.2, 0.25) is 0 Å². The van der Waals surface area contributed by atoms with Crippen molar-refractivity contribution in [3.05, 3.63) is 29.8 Å². The Morgan fingerprint density at radius 1 is 1.50 bits per heavy atom. The summed E-state index contributed by atoms with van der Waals surface area (Å²) in [6.45, 7) is 4.16. The van der Waals surface area contributed by atoms with Gasteiger partial charge < -0.3 is 15.7 Å². The van der Waals surface area contributed by atoms with Gasteiger partial charge in [0.15, 0.2) is 0 Å². The van der Waals surface area contributed by atoms with Gasteiger partial charge in [0.05, 0.1) is 12.1 Å². The van der Waals surface area contributed by atoms with Crippen LogP contribution in [0, 0.1) is 12.8 Å². The van der Waals surface area contributed by atoms with Gasteiger partial charge in [0, 0.05) is 5.69 Å². The smallest absolute Gasteiger partial charge is 0.319 e. The van der Waals surface area contributed by atoms with Crippen LogP contribution in [0.5, 0.6) is 0 Å². The highest BCUT2D eigenvalue weighted by Crippen LogP contribution is 2.32. The third kappa shape index (κ3) is 3.73. The average molecular weight is 276 g/mol. The van der Waals surface area contributed by atoms with Crippen molar-refractivity contribution < 1.29 is 9.90 Å². The van der Waals surface area contributed by atoms with Gasteiger partial charge in [-0.2, -0.15) is 0 Å². The van der Waals surface area contributed by atoms with Gasteiger partial charge >= 0.3 is 6.03 Å². The third-order valence-electron chi connectivity index (χ3n) is 4.05. The van der Waals surface area contributed by atoms with Crippen LogP contribution in [-0.4, -0.2) is 23.3 Å². The predicted octanol–water partition coefficient (Wildman–Crippen LogP) is 3.06. The second-order valence-electron chi connectivity index (χ2n) is 6.09. The number of hydrogen-bond donors (Lipinski definition) is 3. The molecule has 1 saturated carbocycles. The maximum absolute atomic E-state index is 12.1. The summed E-state index contributed by atoms with van der Waals surface area (Å²) < 4.78 is 0. The van der Waals surface area contributed by atoms with E-state index in [0.717, 1.165) is 30.5 Å². The van der Waals surface area contributed by atoms with Gasteiger partial charge in [-0.3, -0.25) is 0 Å². The quantitative estimate of drug-likeness (QED) is 0.794. The van der Waals surface area contributed by atoms with Crippen LogP contribution in [0.1, 0.15) is 38.2 Å². The number of benzene rings is 1. The molecule has 2 atom stereocenters. The molecule has 2 unspecified atom stereocenters. The summed E-state index contributed by atoms with van der Waals surface area (Å²) in [5.41, 5.74) is 1.41. The van der Waals surface area contributed by atoms with Crippen LogP contribution in [0.3, 0.4) is 0 Å². The van der Waals surface area contributed by atoms with Gasteiger partial charge in [-0.25, -0.2) is 4.79 Å². The highest BCUT2D eigenvalue weighted by Gasteiger charge is 2.35. The van der Waals surface area contributed by atoms with Crippen LogP contribution in [-0.2, 0) is 0 Å². The Hall–Kier alpha value is -1.55. The Morgan fingerprint density at radius 2 is 2.30 bits per heavy atom. The van der Waals surface area contributed by atoms with Crippen molar-refractivity contribution >= 4 is 11.7 Å². The third-order valence-corrected chi connectivity index (χ3v) is 4.05. The zero-order valence-electron chi connectivity index (χ0n) is 12.3. The lowest BCUT2D eigenvalue weighted by Gasteiger charge is -2.39. The van der Waals surface area contributed by atoms with Crippen molar-refractivity contribution in [1.82, 2.24) is 5.32 Å². The molecule has 2 amide bonds. The van der Waals surface area contributed by atoms with Crippen molar-refractivity contribution in [3.63, 3.8) is 0 Å². The molecule has 0 saturated heterocycles. The number of aliphatic hydroxyl groups excluding tert-OH is 1. The first-order valence-electron chi connectivity index (χ1n) is 7.30. The summed E-state index contributed by atoms with van der Waals surface area (Å²) in [7, 11) is 0. The van der Waals surface area contributed by atoms with E-state index in [9.17, 15) is 9.90 Å². The van der Waals surface area contributed by atoms with Crippen LogP contribution in [0.15, 0.2) is 24.3 Å². The number of nitrogens with one attached hydrogen (secondary N) is 2. The molecule has 1 aliphatic carbocycles. The Kier molecular flexibility index (Phi) is 4.65. The molecular weight excluding hydrogens is 252 g/mol. The first-order valence-corrected chi connectivity index (χ1v) is 7.30. The molecule has 0 bridgehead atoms. The highest BCUT2D eigenvalue weighted by atomic mass is 16.3. The first kappa shape index (κ1) is 14.9. The molecule has 0 spiro atoms. The standard InChI is InChI=1S/C16H24N2O2/c1-12-5-3-7-14(9-12)17-15(20)18-16(11-19)8-4-6-13(2)10-16/h3,5,7,9,13,19H,4,6,8,10-11H2,1-2H3,(H2,17,18,20). The molecule has 2 rings (SSSR count). The minimum atomic E-state index is -0.467. The Balaban J connectivity index is 1.99. The molecule has 110 valence electrons. The van der Waals surface area contributed by atoms with Crippen molar-refractivity contribution in [2.45, 2.75) is 45.1 Å². The molecule has 0 radical (unpaired) electrons. The number of rotatable bonds is 3. The number of urea groups is 1. The van der Waals surface area contributed by atoms with Gasteiger partial charge in [-0.05, 0) is 43.4 Å². The molecule has 20 heavy (non-hydrogen) atoms. The van der Waals surface area contributed by atoms with Crippen LogP contribution in [0.2, 0.25) is 0 Å². The number of anilines is 1. The molecule has 1 fully saturated rings. The number of carbonyl (C=O) groups is 1. The second-order valence-corrected chi connectivity index (χ2v) is 6.09. The van der Waals surface area contributed by atoms with Crippen LogP contribution in [0.4, 0.5) is 10.5 Å². The summed E-state index contributed by atoms with van der Waals surface area (Å²) in [6, 6.07) is 7.45. The Morgan fingerprint density at radius 3 is 2.95 bits per heavy atom. The number of amides is 2. The van der Waals surface area contributed by atoms with E-state index in [1.54, 1.807) is 0 Å². The Bertz CT molecular complexity index is 475. The highest BCUT2D eigenvalue weighted by molar-refractivity contribution is 5.89. The van der Waals surface area contributed by atoms with E-state index < -0.39 is 5.54 Å². The molecule has 1 aromatic rings. The van der Waals surface area contributed by atoms with Crippen LogP contribution in [0.25, 0.3) is 0 Å². The van der Waals surface area contributed by atoms with Crippen molar-refractivity contribution in [1.29, 1.82) is 0 Å². The minimum absolute atomic E-state index is 0.00141.